The van der Waals surface area contributed by atoms with Crippen molar-refractivity contribution in [2.75, 3.05) is 0 Å². The Balaban J connectivity index is 2.02. The Labute approximate surface area is 118 Å². The van der Waals surface area contributed by atoms with Gasteiger partial charge in [0.2, 0.25) is 0 Å². The molecule has 2 aromatic heterocycles. The number of nitrogens with one attached hydrogen (secondary N) is 1. The molecular formula is C12H13BrN2O2S. The van der Waals surface area contributed by atoms with E-state index < -0.39 is 0 Å². The Morgan fingerprint density at radius 1 is 1.61 bits per heavy atom. The monoisotopic (exact) mass is 328 g/mol. The van der Waals surface area contributed by atoms with E-state index >= 15 is 0 Å². The van der Waals surface area contributed by atoms with Crippen LogP contribution in [0.15, 0.2) is 26.6 Å². The van der Waals surface area contributed by atoms with Crippen LogP contribution in [-0.4, -0.2) is 10.9 Å². The molecule has 0 aliphatic rings. The minimum Gasteiger partial charge on any atom is -0.444 e. The summed E-state index contributed by atoms with van der Waals surface area (Å²) in [6.45, 7) is 3.97. The van der Waals surface area contributed by atoms with Gasteiger partial charge >= 0.3 is 0 Å². The summed E-state index contributed by atoms with van der Waals surface area (Å²) in [7, 11) is 0. The molecule has 1 N–H and O–H groups in total. The molecule has 0 spiro atoms. The maximum atomic E-state index is 11.9. The third-order valence-electron chi connectivity index (χ3n) is 2.46. The summed E-state index contributed by atoms with van der Waals surface area (Å²) in [4.78, 5) is 16.3. The third-order valence-corrected chi connectivity index (χ3v) is 3.90. The van der Waals surface area contributed by atoms with Crippen molar-refractivity contribution in [1.82, 2.24) is 10.3 Å². The van der Waals surface area contributed by atoms with Gasteiger partial charge in [0.15, 0.2) is 10.4 Å². The van der Waals surface area contributed by atoms with Crippen molar-refractivity contribution in [2.24, 2.45) is 0 Å². The van der Waals surface area contributed by atoms with Crippen LogP contribution in [0.4, 0.5) is 0 Å². The van der Waals surface area contributed by atoms with Crippen molar-refractivity contribution >= 4 is 33.2 Å². The van der Waals surface area contributed by atoms with Crippen molar-refractivity contribution in [2.45, 2.75) is 26.3 Å². The first-order chi connectivity index (χ1) is 8.60. The zero-order valence-corrected chi connectivity index (χ0v) is 12.5. The largest absolute Gasteiger partial charge is 0.444 e. The summed E-state index contributed by atoms with van der Waals surface area (Å²) in [5.41, 5.74) is 0.885. The lowest BCUT2D eigenvalue weighted by Gasteiger charge is -2.09. The number of carbonyl (C=O) groups excluding carboxylic acids is 1. The highest BCUT2D eigenvalue weighted by molar-refractivity contribution is 9.10. The van der Waals surface area contributed by atoms with E-state index in [2.05, 4.69) is 33.2 Å². The topological polar surface area (TPSA) is 55.1 Å². The summed E-state index contributed by atoms with van der Waals surface area (Å²) < 4.78 is 5.74. The van der Waals surface area contributed by atoms with E-state index in [-0.39, 0.29) is 11.9 Å². The molecule has 1 atom stereocenters. The number of aryl methyl sites for hydroxylation is 1. The van der Waals surface area contributed by atoms with Gasteiger partial charge in [0, 0.05) is 5.38 Å². The average Bonchev–Trinajstić information content (AvgIpc) is 2.97. The number of amides is 1. The fourth-order valence-electron chi connectivity index (χ4n) is 1.46. The standard InChI is InChI=1S/C12H13BrN2O2S/c1-3-11-15-8(6-18-11)7(2)14-12(16)9-4-5-10(13)17-9/h4-7H,3H2,1-2H3,(H,14,16)/t7-/m1/s1. The number of aromatic nitrogens is 1. The predicted molar refractivity (Wildman–Crippen MR) is 73.8 cm³/mol. The summed E-state index contributed by atoms with van der Waals surface area (Å²) in [5.74, 6) is 0.0546. The Morgan fingerprint density at radius 2 is 2.39 bits per heavy atom. The molecule has 4 nitrogen and oxygen atoms in total. The highest BCUT2D eigenvalue weighted by atomic mass is 79.9. The first kappa shape index (κ1) is 13.3. The van der Waals surface area contributed by atoms with E-state index in [0.29, 0.717) is 10.4 Å². The molecule has 18 heavy (non-hydrogen) atoms. The highest BCUT2D eigenvalue weighted by Crippen LogP contribution is 2.18. The molecular weight excluding hydrogens is 316 g/mol. The van der Waals surface area contributed by atoms with E-state index in [0.717, 1.165) is 17.1 Å². The average molecular weight is 329 g/mol. The van der Waals surface area contributed by atoms with Gasteiger partial charge in [-0.3, -0.25) is 4.79 Å². The first-order valence-corrected chi connectivity index (χ1v) is 7.28. The van der Waals surface area contributed by atoms with E-state index in [1.807, 2.05) is 12.3 Å². The van der Waals surface area contributed by atoms with Crippen molar-refractivity contribution in [3.8, 4) is 0 Å². The van der Waals surface area contributed by atoms with Crippen LogP contribution in [0.25, 0.3) is 0 Å². The number of rotatable bonds is 4. The highest BCUT2D eigenvalue weighted by Gasteiger charge is 2.16. The van der Waals surface area contributed by atoms with Crippen molar-refractivity contribution in [1.29, 1.82) is 0 Å². The molecule has 0 aliphatic heterocycles. The van der Waals surface area contributed by atoms with E-state index in [1.54, 1.807) is 23.5 Å². The quantitative estimate of drug-likeness (QED) is 0.933. The second-order valence-electron chi connectivity index (χ2n) is 3.82. The van der Waals surface area contributed by atoms with Gasteiger partial charge in [-0.2, -0.15) is 0 Å². The summed E-state index contributed by atoms with van der Waals surface area (Å²) in [5, 5.41) is 5.90. The Hall–Kier alpha value is -1.14. The lowest BCUT2D eigenvalue weighted by molar-refractivity contribution is 0.0910. The molecule has 0 saturated carbocycles. The smallest absolute Gasteiger partial charge is 0.287 e. The van der Waals surface area contributed by atoms with Gasteiger partial charge in [0.05, 0.1) is 16.7 Å². The maximum absolute atomic E-state index is 11.9. The number of carbonyl (C=O) groups is 1. The van der Waals surface area contributed by atoms with Gasteiger partial charge in [-0.05, 0) is 41.4 Å². The molecule has 1 amide bonds. The molecule has 0 aromatic carbocycles. The van der Waals surface area contributed by atoms with Crippen molar-refractivity contribution < 1.29 is 9.21 Å². The zero-order valence-electron chi connectivity index (χ0n) is 10.1. The van der Waals surface area contributed by atoms with Crippen LogP contribution in [0.5, 0.6) is 0 Å². The number of nitrogens with zero attached hydrogens (tertiary/aromatic N) is 1. The fraction of sp³-hybridized carbons (Fsp3) is 0.333. The van der Waals surface area contributed by atoms with E-state index in [4.69, 9.17) is 4.42 Å². The number of thiazole rings is 1. The minimum atomic E-state index is -0.237. The second-order valence-corrected chi connectivity index (χ2v) is 5.54. The molecule has 0 fully saturated rings. The van der Waals surface area contributed by atoms with Gasteiger partial charge < -0.3 is 9.73 Å². The normalized spacial score (nSPS) is 12.4. The molecule has 2 aromatic rings. The Kier molecular flexibility index (Phi) is 4.19. The van der Waals surface area contributed by atoms with Gasteiger partial charge in [-0.1, -0.05) is 6.92 Å². The lowest BCUT2D eigenvalue weighted by Crippen LogP contribution is -2.26. The first-order valence-electron chi connectivity index (χ1n) is 5.60. The van der Waals surface area contributed by atoms with Crippen molar-refractivity contribution in [3.63, 3.8) is 0 Å². The van der Waals surface area contributed by atoms with Gasteiger partial charge in [0.25, 0.3) is 5.91 Å². The molecule has 0 bridgehead atoms. The Morgan fingerprint density at radius 3 is 2.94 bits per heavy atom. The summed E-state index contributed by atoms with van der Waals surface area (Å²) in [6.07, 6.45) is 0.913. The molecule has 96 valence electrons. The van der Waals surface area contributed by atoms with E-state index in [1.165, 1.54) is 0 Å². The lowest BCUT2D eigenvalue weighted by atomic mass is 10.2. The molecule has 0 saturated heterocycles. The third kappa shape index (κ3) is 3.00. The number of furan rings is 1. The SMILES string of the molecule is CCc1nc([C@@H](C)NC(=O)c2ccc(Br)o2)cs1. The van der Waals surface area contributed by atoms with Crippen LogP contribution >= 0.6 is 27.3 Å². The Bertz CT molecular complexity index is 550. The molecule has 0 aliphatic carbocycles. The van der Waals surface area contributed by atoms with Crippen LogP contribution < -0.4 is 5.32 Å². The maximum Gasteiger partial charge on any atom is 0.287 e. The summed E-state index contributed by atoms with van der Waals surface area (Å²) >= 11 is 4.78. The molecule has 6 heteroatoms. The van der Waals surface area contributed by atoms with Gasteiger partial charge in [-0.15, -0.1) is 11.3 Å². The summed E-state index contributed by atoms with van der Waals surface area (Å²) in [6, 6.07) is 3.19. The van der Waals surface area contributed by atoms with Crippen LogP contribution in [0, 0.1) is 0 Å². The molecule has 0 unspecified atom stereocenters. The second kappa shape index (κ2) is 5.67. The van der Waals surface area contributed by atoms with Crippen LogP contribution in [0.2, 0.25) is 0 Å². The number of hydrogen-bond donors (Lipinski definition) is 1. The van der Waals surface area contributed by atoms with Gasteiger partial charge in [0.1, 0.15) is 0 Å². The van der Waals surface area contributed by atoms with Crippen LogP contribution in [0.1, 0.15) is 41.1 Å². The molecule has 0 radical (unpaired) electrons. The molecule has 2 rings (SSSR count). The predicted octanol–water partition coefficient (Wildman–Crippen LogP) is 3.55. The van der Waals surface area contributed by atoms with E-state index in [9.17, 15) is 4.79 Å². The van der Waals surface area contributed by atoms with Gasteiger partial charge in [-0.25, -0.2) is 4.98 Å². The number of hydrogen-bond acceptors (Lipinski definition) is 4. The van der Waals surface area contributed by atoms with Crippen LogP contribution in [0.3, 0.4) is 0 Å². The van der Waals surface area contributed by atoms with Crippen LogP contribution in [-0.2, 0) is 6.42 Å². The molecule has 2 heterocycles. The minimum absolute atomic E-state index is 0.127. The van der Waals surface area contributed by atoms with Crippen molar-refractivity contribution in [3.05, 3.63) is 38.6 Å². The fourth-order valence-corrected chi connectivity index (χ4v) is 2.61. The zero-order chi connectivity index (χ0) is 13.1. The number of halogens is 1.